The van der Waals surface area contributed by atoms with Crippen LogP contribution in [0.2, 0.25) is 0 Å². The summed E-state index contributed by atoms with van der Waals surface area (Å²) < 4.78 is 44.2. The summed E-state index contributed by atoms with van der Waals surface area (Å²) in [6.45, 7) is 4.08. The number of halogens is 3. The van der Waals surface area contributed by atoms with Crippen molar-refractivity contribution in [3.63, 3.8) is 0 Å². The number of ether oxygens (including phenoxy) is 2. The van der Waals surface area contributed by atoms with Crippen molar-refractivity contribution < 1.29 is 32.5 Å². The van der Waals surface area contributed by atoms with E-state index < -0.39 is 12.1 Å². The number of rotatable bonds is 6. The fourth-order valence-corrected chi connectivity index (χ4v) is 3.50. The summed E-state index contributed by atoms with van der Waals surface area (Å²) in [4.78, 5) is 21.0. The summed E-state index contributed by atoms with van der Waals surface area (Å²) in [6, 6.07) is 4.22. The minimum atomic E-state index is -5.08. The first-order chi connectivity index (χ1) is 13.7. The molecule has 3 rings (SSSR count). The molecule has 2 N–H and O–H groups in total. The maximum atomic E-state index is 12.1. The molecule has 2 aliphatic rings. The first-order valence-corrected chi connectivity index (χ1v) is 9.54. The number of carboxylic acid groups (broad SMARTS) is 1. The monoisotopic (exact) mass is 420 g/mol. The van der Waals surface area contributed by atoms with Crippen LogP contribution in [-0.4, -0.2) is 61.3 Å². The number of nitrogens with one attached hydrogen (secondary N) is 1. The molecule has 0 spiro atoms. The number of aliphatic carboxylic acids is 1. The highest BCUT2D eigenvalue weighted by atomic mass is 19.4. The maximum absolute atomic E-state index is 12.1. The second-order valence-corrected chi connectivity index (χ2v) is 7.17. The second kappa shape index (κ2) is 10.7. The summed E-state index contributed by atoms with van der Waals surface area (Å²) in [7, 11) is 1.67. The Kier molecular flexibility index (Phi) is 8.66. The lowest BCUT2D eigenvalue weighted by molar-refractivity contribution is -0.192. The number of fused-ring (bicyclic) bond motifs is 1. The van der Waals surface area contributed by atoms with Crippen LogP contribution in [-0.2, 0) is 33.7 Å². The maximum Gasteiger partial charge on any atom is 0.490 e. The Balaban J connectivity index is 0.000000370. The molecule has 1 aromatic rings. The third kappa shape index (κ3) is 7.13. The van der Waals surface area contributed by atoms with Crippen molar-refractivity contribution in [2.75, 3.05) is 33.5 Å². The molecule has 29 heavy (non-hydrogen) atoms. The zero-order chi connectivity index (χ0) is 21.4. The average Bonchev–Trinajstić information content (AvgIpc) is 3.19. The van der Waals surface area contributed by atoms with Crippen LogP contribution < -0.4 is 10.9 Å². The lowest BCUT2D eigenvalue weighted by Gasteiger charge is -2.28. The molecule has 0 bridgehead atoms. The van der Waals surface area contributed by atoms with Crippen LogP contribution in [0, 0.1) is 5.92 Å². The van der Waals surface area contributed by atoms with E-state index in [1.807, 2.05) is 10.6 Å². The molecule has 1 aliphatic carbocycles. The molecule has 0 aromatic carbocycles. The van der Waals surface area contributed by atoms with E-state index in [0.717, 1.165) is 39.0 Å². The van der Waals surface area contributed by atoms with Crippen molar-refractivity contribution in [2.45, 2.75) is 44.4 Å². The topological polar surface area (TPSA) is 89.8 Å². The molecule has 7 nitrogen and oxygen atoms in total. The zero-order valence-electron chi connectivity index (χ0n) is 16.3. The van der Waals surface area contributed by atoms with Crippen LogP contribution in [0.5, 0.6) is 0 Å². The number of nitrogens with zero attached hydrogens (tertiary/aromatic N) is 1. The third-order valence-corrected chi connectivity index (χ3v) is 5.07. The Hall–Kier alpha value is -1.91. The first-order valence-electron chi connectivity index (χ1n) is 9.54. The van der Waals surface area contributed by atoms with E-state index in [0.29, 0.717) is 25.1 Å². The largest absolute Gasteiger partial charge is 0.490 e. The van der Waals surface area contributed by atoms with Crippen LogP contribution in [0.15, 0.2) is 16.9 Å². The Morgan fingerprint density at radius 1 is 1.38 bits per heavy atom. The summed E-state index contributed by atoms with van der Waals surface area (Å²) in [5, 5.41) is 10.8. The molecule has 164 valence electrons. The minimum absolute atomic E-state index is 0.0883. The molecular weight excluding hydrogens is 393 g/mol. The van der Waals surface area contributed by atoms with Crippen molar-refractivity contribution in [3.05, 3.63) is 33.7 Å². The van der Waals surface area contributed by atoms with E-state index in [-0.39, 0.29) is 5.56 Å². The van der Waals surface area contributed by atoms with Crippen molar-refractivity contribution >= 4 is 5.97 Å². The lowest BCUT2D eigenvalue weighted by Crippen LogP contribution is -2.39. The number of alkyl halides is 3. The molecule has 0 amide bonds. The van der Waals surface area contributed by atoms with E-state index in [1.165, 1.54) is 17.7 Å². The normalized spacial score (nSPS) is 21.2. The second-order valence-electron chi connectivity index (χ2n) is 7.17. The number of carbonyl (C=O) groups is 1. The van der Waals surface area contributed by atoms with Gasteiger partial charge in [0, 0.05) is 44.6 Å². The summed E-state index contributed by atoms with van der Waals surface area (Å²) >= 11 is 0. The quantitative estimate of drug-likeness (QED) is 0.727. The predicted octanol–water partition coefficient (Wildman–Crippen LogP) is 1.61. The molecule has 1 fully saturated rings. The van der Waals surface area contributed by atoms with Gasteiger partial charge in [0.05, 0.1) is 13.2 Å². The molecule has 2 heterocycles. The van der Waals surface area contributed by atoms with Crippen LogP contribution in [0.25, 0.3) is 0 Å². The van der Waals surface area contributed by atoms with Gasteiger partial charge in [0.15, 0.2) is 0 Å². The molecular formula is C19H27F3N2O5. The number of aromatic nitrogens is 1. The van der Waals surface area contributed by atoms with Crippen molar-refractivity contribution in [1.82, 2.24) is 9.88 Å². The number of pyridine rings is 1. The zero-order valence-corrected chi connectivity index (χ0v) is 16.3. The van der Waals surface area contributed by atoms with E-state index in [9.17, 15) is 18.0 Å². The summed E-state index contributed by atoms with van der Waals surface area (Å²) in [6.07, 6.45) is -0.839. The van der Waals surface area contributed by atoms with Gasteiger partial charge in [-0.15, -0.1) is 0 Å². The molecule has 0 saturated carbocycles. The van der Waals surface area contributed by atoms with Crippen molar-refractivity contribution in [1.29, 1.82) is 0 Å². The summed E-state index contributed by atoms with van der Waals surface area (Å²) in [5.74, 6) is -2.09. The molecule has 10 heteroatoms. The highest BCUT2D eigenvalue weighted by Gasteiger charge is 2.38. The van der Waals surface area contributed by atoms with E-state index >= 15 is 0 Å². The molecule has 1 aliphatic heterocycles. The van der Waals surface area contributed by atoms with Gasteiger partial charge in [0.2, 0.25) is 0 Å². The number of carboxylic acids is 1. The van der Waals surface area contributed by atoms with Gasteiger partial charge in [-0.1, -0.05) is 6.07 Å². The molecule has 2 unspecified atom stereocenters. The van der Waals surface area contributed by atoms with Gasteiger partial charge in [0.1, 0.15) is 0 Å². The van der Waals surface area contributed by atoms with Gasteiger partial charge in [0.25, 0.3) is 5.56 Å². The highest BCUT2D eigenvalue weighted by Crippen LogP contribution is 2.21. The van der Waals surface area contributed by atoms with Gasteiger partial charge in [-0.25, -0.2) is 4.79 Å². The van der Waals surface area contributed by atoms with Gasteiger partial charge < -0.3 is 24.5 Å². The molecule has 2 atom stereocenters. The van der Waals surface area contributed by atoms with Gasteiger partial charge in [-0.05, 0) is 37.2 Å². The van der Waals surface area contributed by atoms with E-state index in [2.05, 4.69) is 5.32 Å². The average molecular weight is 420 g/mol. The van der Waals surface area contributed by atoms with Crippen LogP contribution >= 0.6 is 0 Å². The molecule has 1 aromatic heterocycles. The summed E-state index contributed by atoms with van der Waals surface area (Å²) in [5.41, 5.74) is 2.60. The fraction of sp³-hybridized carbons (Fsp3) is 0.684. The minimum Gasteiger partial charge on any atom is -0.475 e. The number of hydrogen-bond donors (Lipinski definition) is 2. The van der Waals surface area contributed by atoms with Gasteiger partial charge in [-0.3, -0.25) is 4.79 Å². The fourth-order valence-electron chi connectivity index (χ4n) is 3.50. The van der Waals surface area contributed by atoms with Crippen molar-refractivity contribution in [2.24, 2.45) is 5.92 Å². The Morgan fingerprint density at radius 3 is 2.69 bits per heavy atom. The SMILES string of the molecule is COCCn1c2c(ccc1=O)CC(NCC1CCOC1)CC2.O=C(O)C(F)(F)F. The van der Waals surface area contributed by atoms with E-state index in [4.69, 9.17) is 19.4 Å². The van der Waals surface area contributed by atoms with Gasteiger partial charge in [-0.2, -0.15) is 13.2 Å². The Morgan fingerprint density at radius 2 is 2.10 bits per heavy atom. The van der Waals surface area contributed by atoms with E-state index in [1.54, 1.807) is 13.2 Å². The smallest absolute Gasteiger partial charge is 0.475 e. The Bertz CT molecular complexity index is 730. The first kappa shape index (κ1) is 23.4. The molecule has 1 saturated heterocycles. The van der Waals surface area contributed by atoms with Crippen LogP contribution in [0.3, 0.4) is 0 Å². The standard InChI is InChI=1S/C17H26N2O3.C2HF3O2/c1-21-9-7-19-16-4-3-15(10-14(16)2-5-17(19)20)18-11-13-6-8-22-12-13;3-2(4,5)1(6)7/h2,5,13,15,18H,3-4,6-12H2,1H3;(H,6,7). The van der Waals surface area contributed by atoms with Crippen LogP contribution in [0.1, 0.15) is 24.1 Å². The van der Waals surface area contributed by atoms with Crippen molar-refractivity contribution in [3.8, 4) is 0 Å². The predicted molar refractivity (Wildman–Crippen MR) is 99.0 cm³/mol. The number of methoxy groups -OCH3 is 1. The number of hydrogen-bond acceptors (Lipinski definition) is 5. The van der Waals surface area contributed by atoms with Gasteiger partial charge >= 0.3 is 12.1 Å². The third-order valence-electron chi connectivity index (χ3n) is 5.07. The lowest BCUT2D eigenvalue weighted by atomic mass is 9.91. The molecule has 0 radical (unpaired) electrons. The highest BCUT2D eigenvalue weighted by molar-refractivity contribution is 5.73. The van der Waals surface area contributed by atoms with Crippen LogP contribution in [0.4, 0.5) is 13.2 Å². The Labute approximate surface area is 166 Å².